The Bertz CT molecular complexity index is 2020. The van der Waals surface area contributed by atoms with E-state index in [1.807, 2.05) is 18.2 Å². The minimum atomic E-state index is -3.81. The Morgan fingerprint density at radius 3 is 2.60 bits per heavy atom. The first-order chi connectivity index (χ1) is 24.0. The fraction of sp³-hybridized carbons (Fsp3) is 0.590. The molecule has 4 aliphatic heterocycles. The lowest BCUT2D eigenvalue weighted by atomic mass is 9.81. The van der Waals surface area contributed by atoms with Gasteiger partial charge < -0.3 is 9.30 Å². The molecule has 1 aromatic heterocycles. The third-order valence-corrected chi connectivity index (χ3v) is 15.7. The first-order valence-electron chi connectivity index (χ1n) is 18.7. The van der Waals surface area contributed by atoms with Crippen LogP contribution in [0.15, 0.2) is 36.4 Å². The molecule has 2 aromatic carbocycles. The zero-order valence-electron chi connectivity index (χ0n) is 29.8. The molecular weight excluding hydrogens is 651 g/mol. The van der Waals surface area contributed by atoms with Crippen molar-refractivity contribution >= 4 is 32.7 Å². The van der Waals surface area contributed by atoms with Crippen LogP contribution in [0.25, 0.3) is 22.2 Å². The third-order valence-electron chi connectivity index (χ3n) is 14.0. The molecule has 3 saturated heterocycles. The van der Waals surface area contributed by atoms with E-state index in [4.69, 9.17) is 4.74 Å². The molecule has 3 aromatic rings. The molecule has 2 N–H and O–H groups in total. The summed E-state index contributed by atoms with van der Waals surface area (Å²) in [6.07, 6.45) is 8.15. The number of hydrogen-bond acceptors (Lipinski definition) is 6. The van der Waals surface area contributed by atoms with Crippen molar-refractivity contribution < 1.29 is 27.2 Å². The molecule has 9 rings (SSSR count). The van der Waals surface area contributed by atoms with Crippen LogP contribution in [0.4, 0.5) is 0 Å². The van der Waals surface area contributed by atoms with Gasteiger partial charge in [0.15, 0.2) is 6.67 Å². The number of sulfonamides is 1. The molecule has 1 unspecified atom stereocenters. The SMILES string of the molecule is COc1ccc2c(c1)[C@@H]1[C@H](C)[C@]1(C(=O)N1C[C@@]34CCC[N+]3(CNC4)C1)Cn1c-2c(C2CCCCC2)c2ccc(C(=O)NS(=O)(=O)C(C)C)cc21. The molecule has 5 heterocycles. The maximum atomic E-state index is 15.3. The normalized spacial score (nSPS) is 31.5. The van der Waals surface area contributed by atoms with Crippen molar-refractivity contribution in [2.75, 3.05) is 40.1 Å². The van der Waals surface area contributed by atoms with Gasteiger partial charge >= 0.3 is 0 Å². The summed E-state index contributed by atoms with van der Waals surface area (Å²) in [6, 6.07) is 12.1. The summed E-state index contributed by atoms with van der Waals surface area (Å²) in [7, 11) is -2.10. The summed E-state index contributed by atoms with van der Waals surface area (Å²) in [6.45, 7) is 10.5. The third kappa shape index (κ3) is 4.35. The lowest BCUT2D eigenvalue weighted by Gasteiger charge is -2.34. The van der Waals surface area contributed by atoms with E-state index in [2.05, 4.69) is 38.6 Å². The molecule has 2 aliphatic carbocycles. The van der Waals surface area contributed by atoms with Gasteiger partial charge in [0.1, 0.15) is 18.0 Å². The minimum Gasteiger partial charge on any atom is -0.497 e. The molecular formula is C39H50N5O5S+. The summed E-state index contributed by atoms with van der Waals surface area (Å²) in [5.41, 5.74) is 5.45. The molecule has 5 fully saturated rings. The highest BCUT2D eigenvalue weighted by atomic mass is 32.2. The summed E-state index contributed by atoms with van der Waals surface area (Å²) in [5, 5.41) is 4.02. The number of rotatable bonds is 6. The molecule has 10 nitrogen and oxygen atoms in total. The molecule has 266 valence electrons. The summed E-state index contributed by atoms with van der Waals surface area (Å²) < 4.78 is 36.9. The van der Waals surface area contributed by atoms with Gasteiger partial charge in [0.05, 0.1) is 43.1 Å². The number of ether oxygens (including phenoxy) is 1. The largest absolute Gasteiger partial charge is 0.497 e. The first-order valence-corrected chi connectivity index (χ1v) is 20.3. The molecule has 0 bridgehead atoms. The van der Waals surface area contributed by atoms with Gasteiger partial charge in [-0.25, -0.2) is 13.1 Å². The van der Waals surface area contributed by atoms with Crippen molar-refractivity contribution in [3.8, 4) is 17.0 Å². The van der Waals surface area contributed by atoms with E-state index < -0.39 is 26.6 Å². The van der Waals surface area contributed by atoms with Crippen LogP contribution in [0.3, 0.4) is 0 Å². The number of hydrogen-bond donors (Lipinski definition) is 2. The number of nitrogens with zero attached hydrogens (tertiary/aromatic N) is 3. The highest BCUT2D eigenvalue weighted by Crippen LogP contribution is 2.70. The number of carbonyl (C=O) groups is 2. The molecule has 0 radical (unpaired) electrons. The number of fused-ring (bicyclic) bond motifs is 7. The van der Waals surface area contributed by atoms with Crippen LogP contribution in [0.5, 0.6) is 5.75 Å². The van der Waals surface area contributed by atoms with Gasteiger partial charge in [-0.2, -0.15) is 0 Å². The van der Waals surface area contributed by atoms with Gasteiger partial charge in [0.2, 0.25) is 15.9 Å². The van der Waals surface area contributed by atoms with E-state index in [9.17, 15) is 13.2 Å². The van der Waals surface area contributed by atoms with Gasteiger partial charge in [-0.15, -0.1) is 0 Å². The second kappa shape index (κ2) is 11.0. The Balaban J connectivity index is 1.23. The van der Waals surface area contributed by atoms with Crippen molar-refractivity contribution in [2.24, 2.45) is 11.3 Å². The Hall–Kier alpha value is -3.41. The first kappa shape index (κ1) is 32.5. The Labute approximate surface area is 295 Å². The van der Waals surface area contributed by atoms with Gasteiger partial charge in [-0.1, -0.05) is 32.3 Å². The summed E-state index contributed by atoms with van der Waals surface area (Å²) in [5.74, 6) is 0.938. The van der Waals surface area contributed by atoms with Crippen LogP contribution in [0.1, 0.15) is 99.0 Å². The van der Waals surface area contributed by atoms with Gasteiger partial charge in [0.25, 0.3) is 5.91 Å². The summed E-state index contributed by atoms with van der Waals surface area (Å²) >= 11 is 0. The Morgan fingerprint density at radius 2 is 1.86 bits per heavy atom. The lowest BCUT2D eigenvalue weighted by molar-refractivity contribution is -0.941. The van der Waals surface area contributed by atoms with Crippen LogP contribution in [0.2, 0.25) is 0 Å². The number of methoxy groups -OCH3 is 1. The van der Waals surface area contributed by atoms with Crippen LogP contribution in [0, 0.1) is 11.3 Å². The van der Waals surface area contributed by atoms with E-state index in [1.54, 1.807) is 27.0 Å². The average molecular weight is 701 g/mol. The molecule has 6 aliphatic rings. The van der Waals surface area contributed by atoms with E-state index >= 15 is 4.79 Å². The molecule has 50 heavy (non-hydrogen) atoms. The second-order valence-electron chi connectivity index (χ2n) is 16.6. The summed E-state index contributed by atoms with van der Waals surface area (Å²) in [4.78, 5) is 31.0. The number of quaternary nitrogens is 1. The van der Waals surface area contributed by atoms with Gasteiger partial charge in [0, 0.05) is 47.3 Å². The fourth-order valence-corrected chi connectivity index (χ4v) is 11.8. The quantitative estimate of drug-likeness (QED) is 0.339. The molecule has 5 atom stereocenters. The van der Waals surface area contributed by atoms with Gasteiger partial charge in [-0.05, 0) is 80.0 Å². The average Bonchev–Trinajstić information content (AvgIpc) is 3.42. The zero-order valence-corrected chi connectivity index (χ0v) is 30.6. The number of aromatic nitrogens is 1. The number of benzene rings is 2. The standard InChI is InChI=1S/C39H49N5O5S/c1-24(2)50(47,48)41-36(45)27-11-13-30-32(17-27)43-21-39(37(46)42-20-38-15-8-16-44(38,23-42)22-40-19-38)25(3)34(39)31-18-28(49-4)12-14-29(31)35(43)33(30)26-9-6-5-7-10-26/h11-14,17-18,24-26,34,40H,5-10,15-16,19-23H2,1-4H3/p+1/t25-,34-,38-,39+,44?/m0/s1. The van der Waals surface area contributed by atoms with Crippen molar-refractivity contribution in [1.29, 1.82) is 0 Å². The number of amides is 2. The Morgan fingerprint density at radius 1 is 1.06 bits per heavy atom. The van der Waals surface area contributed by atoms with Crippen molar-refractivity contribution in [1.82, 2.24) is 19.5 Å². The highest BCUT2D eigenvalue weighted by Gasteiger charge is 2.73. The van der Waals surface area contributed by atoms with E-state index in [-0.39, 0.29) is 23.3 Å². The van der Waals surface area contributed by atoms with Crippen molar-refractivity contribution in [2.45, 2.75) is 94.9 Å². The molecule has 11 heteroatoms. The van der Waals surface area contributed by atoms with Gasteiger partial charge in [-0.3, -0.25) is 24.3 Å². The monoisotopic (exact) mass is 700 g/mol. The lowest BCUT2D eigenvalue weighted by Crippen LogP contribution is -2.54. The fourth-order valence-electron chi connectivity index (χ4n) is 11.2. The zero-order chi connectivity index (χ0) is 34.8. The predicted octanol–water partition coefficient (Wildman–Crippen LogP) is 5.28. The Kier molecular flexibility index (Phi) is 7.18. The molecule has 2 amide bonds. The highest BCUT2D eigenvalue weighted by molar-refractivity contribution is 7.90. The van der Waals surface area contributed by atoms with Crippen molar-refractivity contribution in [3.63, 3.8) is 0 Å². The number of carbonyl (C=O) groups excluding carboxylic acids is 2. The predicted molar refractivity (Wildman–Crippen MR) is 192 cm³/mol. The van der Waals surface area contributed by atoms with E-state index in [0.29, 0.717) is 18.0 Å². The van der Waals surface area contributed by atoms with Crippen LogP contribution >= 0.6 is 0 Å². The van der Waals surface area contributed by atoms with Crippen LogP contribution in [-0.2, 0) is 21.4 Å². The molecule has 0 spiro atoms. The number of nitrogens with one attached hydrogen (secondary N) is 2. The molecule has 2 saturated carbocycles. The van der Waals surface area contributed by atoms with E-state index in [0.717, 1.165) is 84.6 Å². The second-order valence-corrected chi connectivity index (χ2v) is 18.9. The minimum absolute atomic E-state index is 0.0397. The van der Waals surface area contributed by atoms with Crippen molar-refractivity contribution in [3.05, 3.63) is 53.1 Å². The maximum Gasteiger partial charge on any atom is 0.264 e. The topological polar surface area (TPSA) is 110 Å². The smallest absolute Gasteiger partial charge is 0.264 e. The van der Waals surface area contributed by atoms with Crippen LogP contribution in [-0.4, -0.2) is 85.1 Å². The van der Waals surface area contributed by atoms with E-state index in [1.165, 1.54) is 36.8 Å². The maximum absolute atomic E-state index is 15.3. The van der Waals surface area contributed by atoms with Crippen LogP contribution < -0.4 is 14.8 Å².